The lowest BCUT2D eigenvalue weighted by atomic mass is 10.2. The van der Waals surface area contributed by atoms with Crippen molar-refractivity contribution >= 4 is 29.4 Å². The Labute approximate surface area is 121 Å². The van der Waals surface area contributed by atoms with E-state index in [4.69, 9.17) is 16.3 Å². The predicted octanol–water partition coefficient (Wildman–Crippen LogP) is 3.61. The van der Waals surface area contributed by atoms with Crippen LogP contribution in [0.4, 0.5) is 14.9 Å². The maximum absolute atomic E-state index is 13.8. The van der Waals surface area contributed by atoms with Gasteiger partial charge in [0.05, 0.1) is 12.1 Å². The second-order valence-corrected chi connectivity index (χ2v) is 5.34. The summed E-state index contributed by atoms with van der Waals surface area (Å²) < 4.78 is 23.2. The fourth-order valence-electron chi connectivity index (χ4n) is 1.36. The number of carbonyl (C=O) groups is 2. The van der Waals surface area contributed by atoms with E-state index in [9.17, 15) is 14.0 Å². The number of rotatable bonds is 2. The fraction of sp³-hybridized carbons (Fsp3) is 0.385. The van der Waals surface area contributed by atoms with E-state index >= 15 is 0 Å². The van der Waals surface area contributed by atoms with Gasteiger partial charge < -0.3 is 9.47 Å². The predicted molar refractivity (Wildman–Crippen MR) is 72.6 cm³/mol. The summed E-state index contributed by atoms with van der Waals surface area (Å²) in [4.78, 5) is 22.9. The molecule has 0 aliphatic heterocycles. The summed E-state index contributed by atoms with van der Waals surface area (Å²) >= 11 is 5.79. The maximum Gasteiger partial charge on any atom is 0.412 e. The number of hydrogen-bond donors (Lipinski definition) is 1. The number of benzene rings is 1. The Bertz CT molecular complexity index is 517. The molecule has 0 bridgehead atoms. The van der Waals surface area contributed by atoms with Crippen LogP contribution in [0, 0.1) is 5.82 Å². The molecular weight excluding hydrogens is 289 g/mol. The number of hydrogen-bond acceptors (Lipinski definition) is 4. The molecule has 0 aliphatic carbocycles. The number of amides is 1. The van der Waals surface area contributed by atoms with Gasteiger partial charge in [-0.05, 0) is 32.9 Å². The summed E-state index contributed by atoms with van der Waals surface area (Å²) in [6.07, 6.45) is -0.751. The molecule has 20 heavy (non-hydrogen) atoms. The zero-order chi connectivity index (χ0) is 15.5. The van der Waals surface area contributed by atoms with Crippen molar-refractivity contribution in [1.82, 2.24) is 0 Å². The van der Waals surface area contributed by atoms with E-state index in [1.54, 1.807) is 20.8 Å². The molecule has 7 heteroatoms. The minimum Gasteiger partial charge on any atom is -0.465 e. The van der Waals surface area contributed by atoms with Gasteiger partial charge >= 0.3 is 12.1 Å². The lowest BCUT2D eigenvalue weighted by Crippen LogP contribution is -2.27. The molecule has 0 atom stereocenters. The highest BCUT2D eigenvalue weighted by Crippen LogP contribution is 2.25. The van der Waals surface area contributed by atoms with E-state index < -0.39 is 23.5 Å². The van der Waals surface area contributed by atoms with Crippen LogP contribution in [0.5, 0.6) is 0 Å². The van der Waals surface area contributed by atoms with Crippen LogP contribution >= 0.6 is 11.6 Å². The number of nitrogens with one attached hydrogen (secondary N) is 1. The van der Waals surface area contributed by atoms with Gasteiger partial charge in [-0.25, -0.2) is 14.0 Å². The highest BCUT2D eigenvalue weighted by atomic mass is 35.5. The third-order valence-electron chi connectivity index (χ3n) is 2.08. The van der Waals surface area contributed by atoms with Gasteiger partial charge in [0, 0.05) is 5.69 Å². The summed E-state index contributed by atoms with van der Waals surface area (Å²) in [5.41, 5.74) is -0.989. The molecule has 5 nitrogen and oxygen atoms in total. The summed E-state index contributed by atoms with van der Waals surface area (Å²) in [6, 6.07) is 2.20. The minimum absolute atomic E-state index is 0.0782. The Morgan fingerprint density at radius 1 is 1.30 bits per heavy atom. The second kappa shape index (κ2) is 6.09. The first-order chi connectivity index (χ1) is 9.14. The SMILES string of the molecule is COC(=O)c1c(F)cc(NC(=O)OC(C)(C)C)cc1Cl. The Kier molecular flexibility index (Phi) is 4.94. The number of halogens is 2. The molecule has 0 fully saturated rings. The maximum atomic E-state index is 13.8. The van der Waals surface area contributed by atoms with Crippen LogP contribution in [-0.4, -0.2) is 24.8 Å². The molecule has 0 aromatic heterocycles. The highest BCUT2D eigenvalue weighted by molar-refractivity contribution is 6.34. The van der Waals surface area contributed by atoms with Crippen molar-refractivity contribution in [2.45, 2.75) is 26.4 Å². The van der Waals surface area contributed by atoms with E-state index in [1.165, 1.54) is 6.07 Å². The molecule has 0 saturated heterocycles. The molecule has 1 N–H and O–H groups in total. The van der Waals surface area contributed by atoms with Crippen LogP contribution in [0.25, 0.3) is 0 Å². The van der Waals surface area contributed by atoms with Crippen LogP contribution < -0.4 is 5.32 Å². The first-order valence-corrected chi connectivity index (χ1v) is 6.09. The molecular formula is C13H15ClFNO4. The lowest BCUT2D eigenvalue weighted by molar-refractivity contribution is 0.0594. The van der Waals surface area contributed by atoms with E-state index in [2.05, 4.69) is 10.1 Å². The van der Waals surface area contributed by atoms with Gasteiger partial charge in [-0.2, -0.15) is 0 Å². The van der Waals surface area contributed by atoms with Crippen LogP contribution in [0.15, 0.2) is 12.1 Å². The van der Waals surface area contributed by atoms with Gasteiger partial charge in [0.1, 0.15) is 17.0 Å². The van der Waals surface area contributed by atoms with Gasteiger partial charge in [0.15, 0.2) is 0 Å². The van der Waals surface area contributed by atoms with Crippen molar-refractivity contribution in [3.05, 3.63) is 28.5 Å². The van der Waals surface area contributed by atoms with Gasteiger partial charge in [-0.15, -0.1) is 0 Å². The Morgan fingerprint density at radius 3 is 2.35 bits per heavy atom. The summed E-state index contributed by atoms with van der Waals surface area (Å²) in [5, 5.41) is 2.16. The molecule has 0 spiro atoms. The normalized spacial score (nSPS) is 10.9. The Hall–Kier alpha value is -1.82. The van der Waals surface area contributed by atoms with Gasteiger partial charge in [-0.3, -0.25) is 5.32 Å². The van der Waals surface area contributed by atoms with E-state index in [1.807, 2.05) is 0 Å². The average Bonchev–Trinajstić information content (AvgIpc) is 2.24. The molecule has 0 saturated carbocycles. The monoisotopic (exact) mass is 303 g/mol. The number of methoxy groups -OCH3 is 1. The van der Waals surface area contributed by atoms with Crippen LogP contribution in [0.3, 0.4) is 0 Å². The average molecular weight is 304 g/mol. The fourth-order valence-corrected chi connectivity index (χ4v) is 1.65. The first kappa shape index (κ1) is 16.2. The zero-order valence-electron chi connectivity index (χ0n) is 11.5. The summed E-state index contributed by atoms with van der Waals surface area (Å²) in [6.45, 7) is 5.08. The number of carbonyl (C=O) groups excluding carboxylic acids is 2. The van der Waals surface area contributed by atoms with Crippen molar-refractivity contribution in [3.63, 3.8) is 0 Å². The topological polar surface area (TPSA) is 64.6 Å². The molecule has 0 unspecified atom stereocenters. The Morgan fingerprint density at radius 2 is 1.90 bits per heavy atom. The number of ether oxygens (including phenoxy) is 2. The van der Waals surface area contributed by atoms with Crippen molar-refractivity contribution in [2.75, 3.05) is 12.4 Å². The Balaban J connectivity index is 2.95. The van der Waals surface area contributed by atoms with Gasteiger partial charge in [0.25, 0.3) is 0 Å². The smallest absolute Gasteiger partial charge is 0.412 e. The molecule has 1 aromatic carbocycles. The van der Waals surface area contributed by atoms with E-state index in [0.29, 0.717) is 0 Å². The molecule has 110 valence electrons. The second-order valence-electron chi connectivity index (χ2n) is 4.93. The van der Waals surface area contributed by atoms with E-state index in [-0.39, 0.29) is 16.3 Å². The number of esters is 1. The van der Waals surface area contributed by atoms with Gasteiger partial charge in [0.2, 0.25) is 0 Å². The highest BCUT2D eigenvalue weighted by Gasteiger charge is 2.20. The largest absolute Gasteiger partial charge is 0.465 e. The van der Waals surface area contributed by atoms with E-state index in [0.717, 1.165) is 13.2 Å². The van der Waals surface area contributed by atoms with Crippen molar-refractivity contribution in [3.8, 4) is 0 Å². The third kappa shape index (κ3) is 4.38. The standard InChI is InChI=1S/C13H15ClFNO4/c1-13(2,3)20-12(18)16-7-5-8(14)10(9(15)6-7)11(17)19-4/h5-6H,1-4H3,(H,16,18). The molecule has 0 radical (unpaired) electrons. The van der Waals surface area contributed by atoms with Crippen LogP contribution in [0.1, 0.15) is 31.1 Å². The van der Waals surface area contributed by atoms with Crippen molar-refractivity contribution < 1.29 is 23.5 Å². The molecule has 1 rings (SSSR count). The molecule has 1 amide bonds. The number of anilines is 1. The lowest BCUT2D eigenvalue weighted by Gasteiger charge is -2.19. The van der Waals surface area contributed by atoms with Crippen molar-refractivity contribution in [2.24, 2.45) is 0 Å². The zero-order valence-corrected chi connectivity index (χ0v) is 12.3. The molecule has 1 aromatic rings. The minimum atomic E-state index is -0.893. The summed E-state index contributed by atoms with van der Waals surface area (Å²) in [7, 11) is 1.12. The third-order valence-corrected chi connectivity index (χ3v) is 2.38. The van der Waals surface area contributed by atoms with Crippen LogP contribution in [0.2, 0.25) is 5.02 Å². The molecule has 0 aliphatic rings. The van der Waals surface area contributed by atoms with Crippen molar-refractivity contribution in [1.29, 1.82) is 0 Å². The van der Waals surface area contributed by atoms with Crippen LogP contribution in [-0.2, 0) is 9.47 Å². The first-order valence-electron chi connectivity index (χ1n) is 5.71. The molecule has 0 heterocycles. The summed E-state index contributed by atoms with van der Waals surface area (Å²) in [5.74, 6) is -1.79. The van der Waals surface area contributed by atoms with Gasteiger partial charge in [-0.1, -0.05) is 11.6 Å². The quantitative estimate of drug-likeness (QED) is 0.848.